The third-order valence-electron chi connectivity index (χ3n) is 5.31. The van der Waals surface area contributed by atoms with Gasteiger partial charge in [0.2, 0.25) is 0 Å². The summed E-state index contributed by atoms with van der Waals surface area (Å²) in [4.78, 5) is 28.8. The second kappa shape index (κ2) is 10.0. The van der Waals surface area contributed by atoms with Crippen LogP contribution in [-0.4, -0.2) is 26.9 Å². The standard InChI is InChI=1S/C23H25BrN4O4/c1-5-14(3)22-26-20-9-7-17(24)12-19(20)23(29)27(22)25-13-16-11-18(28(30)31)8-10-21(16)32-15(4)6-2/h7-15H,5-6H2,1-4H3/t14-,15+/m0/s1. The zero-order chi connectivity index (χ0) is 23.4. The van der Waals surface area contributed by atoms with Gasteiger partial charge in [-0.1, -0.05) is 36.7 Å². The van der Waals surface area contributed by atoms with E-state index < -0.39 is 4.92 Å². The number of aromatic nitrogens is 2. The molecule has 0 fully saturated rings. The predicted octanol–water partition coefficient (Wildman–Crippen LogP) is 5.64. The fourth-order valence-corrected chi connectivity index (χ4v) is 3.42. The maximum atomic E-state index is 13.3. The minimum Gasteiger partial charge on any atom is -0.490 e. The first-order valence-corrected chi connectivity index (χ1v) is 11.3. The van der Waals surface area contributed by atoms with E-state index >= 15 is 0 Å². The van der Waals surface area contributed by atoms with Gasteiger partial charge in [-0.05, 0) is 44.0 Å². The summed E-state index contributed by atoms with van der Waals surface area (Å²) in [7, 11) is 0. The molecule has 0 spiro atoms. The summed E-state index contributed by atoms with van der Waals surface area (Å²) in [5.74, 6) is 0.968. The number of halogens is 1. The lowest BCUT2D eigenvalue weighted by Gasteiger charge is -2.15. The second-order valence-corrected chi connectivity index (χ2v) is 8.53. The van der Waals surface area contributed by atoms with Gasteiger partial charge in [-0.15, -0.1) is 0 Å². The summed E-state index contributed by atoms with van der Waals surface area (Å²) in [6, 6.07) is 9.67. The molecule has 168 valence electrons. The van der Waals surface area contributed by atoms with Crippen molar-refractivity contribution in [1.82, 2.24) is 9.66 Å². The van der Waals surface area contributed by atoms with Gasteiger partial charge in [0.25, 0.3) is 11.2 Å². The molecular weight excluding hydrogens is 476 g/mol. The Kier molecular flexibility index (Phi) is 7.40. The molecule has 0 bridgehead atoms. The molecule has 0 aliphatic carbocycles. The number of fused-ring (bicyclic) bond motifs is 1. The number of non-ortho nitro benzene ring substituents is 1. The fourth-order valence-electron chi connectivity index (χ4n) is 3.06. The topological polar surface area (TPSA) is 99.6 Å². The number of rotatable bonds is 8. The lowest BCUT2D eigenvalue weighted by Crippen LogP contribution is -2.23. The number of nitrogens with zero attached hydrogens (tertiary/aromatic N) is 4. The number of nitro groups is 1. The number of hydrogen-bond acceptors (Lipinski definition) is 6. The first-order valence-electron chi connectivity index (χ1n) is 10.5. The van der Waals surface area contributed by atoms with E-state index in [4.69, 9.17) is 4.74 Å². The molecule has 0 aliphatic heterocycles. The lowest BCUT2D eigenvalue weighted by atomic mass is 10.1. The Bertz CT molecular complexity index is 1240. The first kappa shape index (κ1) is 23.6. The van der Waals surface area contributed by atoms with Crippen molar-refractivity contribution in [1.29, 1.82) is 0 Å². The molecule has 2 atom stereocenters. The molecule has 0 amide bonds. The molecule has 0 radical (unpaired) electrons. The number of ether oxygens (including phenoxy) is 1. The third-order valence-corrected chi connectivity index (χ3v) is 5.80. The van der Waals surface area contributed by atoms with Crippen molar-refractivity contribution in [3.8, 4) is 5.75 Å². The monoisotopic (exact) mass is 500 g/mol. The lowest BCUT2D eigenvalue weighted by molar-refractivity contribution is -0.384. The minimum absolute atomic E-state index is 0.0196. The predicted molar refractivity (Wildman–Crippen MR) is 129 cm³/mol. The molecule has 2 aromatic carbocycles. The highest BCUT2D eigenvalue weighted by molar-refractivity contribution is 9.10. The van der Waals surface area contributed by atoms with E-state index in [1.54, 1.807) is 18.2 Å². The van der Waals surface area contributed by atoms with E-state index in [1.165, 1.54) is 23.0 Å². The Morgan fingerprint density at radius 3 is 2.62 bits per heavy atom. The van der Waals surface area contributed by atoms with Crippen LogP contribution in [0.3, 0.4) is 0 Å². The van der Waals surface area contributed by atoms with Gasteiger partial charge in [-0.25, -0.2) is 4.98 Å². The van der Waals surface area contributed by atoms with Crippen LogP contribution in [0.15, 0.2) is 50.8 Å². The average Bonchev–Trinajstić information content (AvgIpc) is 2.78. The van der Waals surface area contributed by atoms with E-state index in [0.29, 0.717) is 28.0 Å². The summed E-state index contributed by atoms with van der Waals surface area (Å²) in [6.45, 7) is 7.89. The molecule has 8 nitrogen and oxygen atoms in total. The van der Waals surface area contributed by atoms with E-state index in [1.807, 2.05) is 33.8 Å². The Morgan fingerprint density at radius 1 is 1.22 bits per heavy atom. The van der Waals surface area contributed by atoms with Gasteiger partial charge in [-0.2, -0.15) is 9.78 Å². The Morgan fingerprint density at radius 2 is 1.97 bits per heavy atom. The Labute approximate surface area is 194 Å². The van der Waals surface area contributed by atoms with Crippen LogP contribution in [-0.2, 0) is 0 Å². The van der Waals surface area contributed by atoms with Crippen LogP contribution in [0.5, 0.6) is 5.75 Å². The molecule has 9 heteroatoms. The van der Waals surface area contributed by atoms with E-state index in [9.17, 15) is 14.9 Å². The van der Waals surface area contributed by atoms with Crippen molar-refractivity contribution >= 4 is 38.7 Å². The molecule has 3 rings (SSSR count). The zero-order valence-electron chi connectivity index (χ0n) is 18.4. The average molecular weight is 501 g/mol. The SMILES string of the molecule is CC[C@@H](C)Oc1ccc([N+](=O)[O-])cc1C=Nn1c([C@@H](C)CC)nc2ccc(Br)cc2c1=O. The highest BCUT2D eigenvalue weighted by Crippen LogP contribution is 2.25. The highest BCUT2D eigenvalue weighted by atomic mass is 79.9. The van der Waals surface area contributed by atoms with E-state index in [0.717, 1.165) is 17.3 Å². The Hall–Kier alpha value is -3.07. The zero-order valence-corrected chi connectivity index (χ0v) is 20.0. The van der Waals surface area contributed by atoms with Crippen LogP contribution in [0.4, 0.5) is 5.69 Å². The van der Waals surface area contributed by atoms with Crippen molar-refractivity contribution in [2.24, 2.45) is 5.10 Å². The first-order chi connectivity index (χ1) is 15.2. The van der Waals surface area contributed by atoms with E-state index in [2.05, 4.69) is 26.0 Å². The smallest absolute Gasteiger partial charge is 0.282 e. The van der Waals surface area contributed by atoms with Crippen LogP contribution >= 0.6 is 15.9 Å². The number of hydrogen-bond donors (Lipinski definition) is 0. The van der Waals surface area contributed by atoms with Crippen LogP contribution in [0.2, 0.25) is 0 Å². The maximum absolute atomic E-state index is 13.3. The summed E-state index contributed by atoms with van der Waals surface area (Å²) < 4.78 is 7.95. The molecule has 3 aromatic rings. The van der Waals surface area contributed by atoms with Crippen molar-refractivity contribution in [3.63, 3.8) is 0 Å². The van der Waals surface area contributed by atoms with Gasteiger partial charge >= 0.3 is 0 Å². The van der Waals surface area contributed by atoms with Crippen LogP contribution in [0, 0.1) is 10.1 Å². The third kappa shape index (κ3) is 5.04. The summed E-state index contributed by atoms with van der Waals surface area (Å²) in [6.07, 6.45) is 2.88. The number of nitro benzene ring substituents is 1. The molecule has 0 saturated carbocycles. The van der Waals surface area contributed by atoms with Gasteiger partial charge in [0.1, 0.15) is 11.6 Å². The second-order valence-electron chi connectivity index (χ2n) is 7.62. The summed E-state index contributed by atoms with van der Waals surface area (Å²) >= 11 is 3.39. The summed E-state index contributed by atoms with van der Waals surface area (Å²) in [5, 5.41) is 16.1. The quantitative estimate of drug-likeness (QED) is 0.226. The molecule has 1 heterocycles. The normalized spacial score (nSPS) is 13.4. The summed E-state index contributed by atoms with van der Waals surface area (Å²) in [5.41, 5.74) is 0.614. The van der Waals surface area contributed by atoms with Gasteiger partial charge in [0.05, 0.1) is 28.1 Å². The fraction of sp³-hybridized carbons (Fsp3) is 0.348. The molecule has 32 heavy (non-hydrogen) atoms. The number of benzene rings is 2. The van der Waals surface area contributed by atoms with Crippen molar-refractivity contribution in [2.45, 2.75) is 52.6 Å². The Balaban J connectivity index is 2.19. The van der Waals surface area contributed by atoms with Crippen LogP contribution in [0.25, 0.3) is 10.9 Å². The molecular formula is C23H25BrN4O4. The van der Waals surface area contributed by atoms with Gasteiger partial charge in [0, 0.05) is 28.1 Å². The molecule has 1 aromatic heterocycles. The van der Waals surface area contributed by atoms with Crippen LogP contribution in [0.1, 0.15) is 57.8 Å². The van der Waals surface area contributed by atoms with Crippen molar-refractivity contribution in [2.75, 3.05) is 0 Å². The maximum Gasteiger partial charge on any atom is 0.282 e. The van der Waals surface area contributed by atoms with Crippen LogP contribution < -0.4 is 10.3 Å². The van der Waals surface area contributed by atoms with Gasteiger partial charge in [0.15, 0.2) is 0 Å². The molecule has 0 aliphatic rings. The molecule has 0 N–H and O–H groups in total. The van der Waals surface area contributed by atoms with Crippen molar-refractivity contribution in [3.05, 3.63) is 72.7 Å². The highest BCUT2D eigenvalue weighted by Gasteiger charge is 2.17. The molecule has 0 saturated heterocycles. The van der Waals surface area contributed by atoms with Gasteiger partial charge < -0.3 is 4.74 Å². The van der Waals surface area contributed by atoms with E-state index in [-0.39, 0.29) is 23.3 Å². The minimum atomic E-state index is -0.476. The molecule has 0 unspecified atom stereocenters. The largest absolute Gasteiger partial charge is 0.490 e. The van der Waals surface area contributed by atoms with Crippen molar-refractivity contribution < 1.29 is 9.66 Å². The van der Waals surface area contributed by atoms with Gasteiger partial charge in [-0.3, -0.25) is 14.9 Å².